The smallest absolute Gasteiger partial charge is 0.255 e. The third kappa shape index (κ3) is 5.93. The van der Waals surface area contributed by atoms with Crippen LogP contribution in [-0.2, 0) is 24.4 Å². The molecule has 0 saturated carbocycles. The van der Waals surface area contributed by atoms with Crippen molar-refractivity contribution in [3.8, 4) is 5.75 Å². The van der Waals surface area contributed by atoms with Crippen LogP contribution in [0.3, 0.4) is 0 Å². The molecule has 3 heterocycles. The van der Waals surface area contributed by atoms with E-state index in [2.05, 4.69) is 29.3 Å². The quantitative estimate of drug-likeness (QED) is 0.415. The molecule has 0 aliphatic carbocycles. The first-order valence-electron chi connectivity index (χ1n) is 14.4. The van der Waals surface area contributed by atoms with E-state index in [1.54, 1.807) is 17.0 Å². The van der Waals surface area contributed by atoms with Crippen LogP contribution in [0.1, 0.15) is 46.3 Å². The van der Waals surface area contributed by atoms with Gasteiger partial charge in [-0.15, -0.1) is 0 Å². The van der Waals surface area contributed by atoms with E-state index in [-0.39, 0.29) is 36.1 Å². The molecule has 0 aromatic heterocycles. The Balaban J connectivity index is 1.19. The largest absolute Gasteiger partial charge is 0.487 e. The summed E-state index contributed by atoms with van der Waals surface area (Å²) in [4.78, 5) is 29.4. The van der Waals surface area contributed by atoms with Crippen LogP contribution in [0.2, 0.25) is 0 Å². The van der Waals surface area contributed by atoms with E-state index in [1.165, 1.54) is 18.2 Å². The fraction of sp³-hybridized carbons (Fsp3) is 0.333. The SMILES string of the molecule is C=C1CCC(N2Cc3cc(OC4CN(Cc5c(F)cccc5F)CCC4NCc4ccccc4)ccc3C2=O)C(=O)N1. The van der Waals surface area contributed by atoms with E-state index < -0.39 is 17.7 Å². The second-order valence-electron chi connectivity index (χ2n) is 11.3. The Kier molecular flexibility index (Phi) is 8.04. The van der Waals surface area contributed by atoms with Gasteiger partial charge in [-0.3, -0.25) is 14.5 Å². The summed E-state index contributed by atoms with van der Waals surface area (Å²) in [7, 11) is 0. The van der Waals surface area contributed by atoms with Crippen LogP contribution in [0, 0.1) is 11.6 Å². The monoisotopic (exact) mass is 572 g/mol. The van der Waals surface area contributed by atoms with Gasteiger partial charge in [0.15, 0.2) is 0 Å². The zero-order valence-corrected chi connectivity index (χ0v) is 23.3. The fourth-order valence-electron chi connectivity index (χ4n) is 6.11. The maximum absolute atomic E-state index is 14.4. The van der Waals surface area contributed by atoms with E-state index in [4.69, 9.17) is 4.74 Å². The molecule has 3 aliphatic heterocycles. The Morgan fingerprint density at radius 1 is 1.00 bits per heavy atom. The summed E-state index contributed by atoms with van der Waals surface area (Å²) in [6.45, 7) is 6.09. The number of hydrogen-bond acceptors (Lipinski definition) is 5. The molecule has 0 spiro atoms. The third-order valence-electron chi connectivity index (χ3n) is 8.39. The Hall–Kier alpha value is -4.08. The normalized spacial score (nSPS) is 22.7. The highest BCUT2D eigenvalue weighted by atomic mass is 19.1. The number of carbonyl (C=O) groups is 2. The van der Waals surface area contributed by atoms with Crippen molar-refractivity contribution in [1.29, 1.82) is 0 Å². The second-order valence-corrected chi connectivity index (χ2v) is 11.3. The van der Waals surface area contributed by atoms with Gasteiger partial charge in [0.05, 0.1) is 0 Å². The lowest BCUT2D eigenvalue weighted by molar-refractivity contribution is -0.126. The number of carbonyl (C=O) groups excluding carboxylic acids is 2. The average Bonchev–Trinajstić information content (AvgIpc) is 3.30. The number of amides is 2. The molecule has 3 aromatic carbocycles. The van der Waals surface area contributed by atoms with Gasteiger partial charge in [-0.1, -0.05) is 43.0 Å². The van der Waals surface area contributed by atoms with Crippen LogP contribution in [0.4, 0.5) is 8.78 Å². The summed E-state index contributed by atoms with van der Waals surface area (Å²) in [5.41, 5.74) is 3.26. The molecule has 2 saturated heterocycles. The predicted molar refractivity (Wildman–Crippen MR) is 154 cm³/mol. The van der Waals surface area contributed by atoms with E-state index in [9.17, 15) is 18.4 Å². The van der Waals surface area contributed by atoms with Crippen LogP contribution in [0.5, 0.6) is 5.75 Å². The van der Waals surface area contributed by atoms with Crippen molar-refractivity contribution in [2.45, 2.75) is 57.1 Å². The van der Waals surface area contributed by atoms with Crippen LogP contribution in [0.25, 0.3) is 0 Å². The van der Waals surface area contributed by atoms with Gasteiger partial charge in [-0.2, -0.15) is 0 Å². The number of piperidine rings is 2. The van der Waals surface area contributed by atoms with Gasteiger partial charge in [-0.25, -0.2) is 8.78 Å². The molecule has 9 heteroatoms. The van der Waals surface area contributed by atoms with Crippen molar-refractivity contribution in [3.63, 3.8) is 0 Å². The van der Waals surface area contributed by atoms with Gasteiger partial charge in [0, 0.05) is 55.6 Å². The molecule has 0 radical (unpaired) electrons. The molecule has 7 nitrogen and oxygen atoms in total. The predicted octanol–water partition coefficient (Wildman–Crippen LogP) is 4.52. The number of rotatable bonds is 8. The van der Waals surface area contributed by atoms with Gasteiger partial charge in [0.2, 0.25) is 5.91 Å². The number of ether oxygens (including phenoxy) is 1. The lowest BCUT2D eigenvalue weighted by Crippen LogP contribution is -2.54. The number of benzene rings is 3. The van der Waals surface area contributed by atoms with Crippen molar-refractivity contribution >= 4 is 11.8 Å². The minimum absolute atomic E-state index is 0.00246. The summed E-state index contributed by atoms with van der Waals surface area (Å²) in [6, 6.07) is 18.9. The molecule has 3 atom stereocenters. The summed E-state index contributed by atoms with van der Waals surface area (Å²) < 4.78 is 35.4. The zero-order valence-electron chi connectivity index (χ0n) is 23.3. The Labute approximate surface area is 244 Å². The molecule has 2 fully saturated rings. The van der Waals surface area contributed by atoms with Gasteiger partial charge in [0.25, 0.3) is 5.91 Å². The Morgan fingerprint density at radius 3 is 2.55 bits per heavy atom. The standard InChI is InChI=1S/C33H34F2N4O3/c1-21-10-13-30(32(40)37-21)39-18-23-16-24(11-12-25(23)33(39)41)42-31-20-38(19-26-27(34)8-5-9-28(26)35)15-14-29(31)36-17-22-6-3-2-4-7-22/h2-9,11-12,16,29-31,36H,1,10,13-15,17-20H2,(H,37,40). The summed E-state index contributed by atoms with van der Waals surface area (Å²) >= 11 is 0. The number of fused-ring (bicyclic) bond motifs is 1. The Morgan fingerprint density at radius 2 is 1.79 bits per heavy atom. The summed E-state index contributed by atoms with van der Waals surface area (Å²) in [5, 5.41) is 6.39. The molecular formula is C33H34F2N4O3. The molecule has 42 heavy (non-hydrogen) atoms. The number of hydrogen-bond donors (Lipinski definition) is 2. The molecular weight excluding hydrogens is 538 g/mol. The second kappa shape index (κ2) is 12.0. The minimum Gasteiger partial charge on any atom is -0.487 e. The molecule has 2 N–H and O–H groups in total. The number of nitrogens with one attached hydrogen (secondary N) is 2. The van der Waals surface area contributed by atoms with Crippen LogP contribution >= 0.6 is 0 Å². The topological polar surface area (TPSA) is 73.9 Å². The van der Waals surface area contributed by atoms with Gasteiger partial charge in [-0.05, 0) is 60.7 Å². The van der Waals surface area contributed by atoms with Gasteiger partial charge in [0.1, 0.15) is 29.5 Å². The highest BCUT2D eigenvalue weighted by Gasteiger charge is 2.38. The van der Waals surface area contributed by atoms with Gasteiger partial charge < -0.3 is 20.3 Å². The molecule has 218 valence electrons. The first kappa shape index (κ1) is 28.1. The zero-order chi connectivity index (χ0) is 29.2. The number of halogens is 2. The molecule has 3 unspecified atom stereocenters. The first-order chi connectivity index (χ1) is 20.4. The number of allylic oxidation sites excluding steroid dienone is 1. The first-order valence-corrected chi connectivity index (χ1v) is 14.4. The molecule has 3 aromatic rings. The molecule has 0 bridgehead atoms. The Bertz CT molecular complexity index is 1480. The highest BCUT2D eigenvalue weighted by molar-refractivity contribution is 6.01. The summed E-state index contributed by atoms with van der Waals surface area (Å²) in [5.74, 6) is -0.867. The molecule has 6 rings (SSSR count). The van der Waals surface area contributed by atoms with Crippen molar-refractivity contribution in [1.82, 2.24) is 20.4 Å². The average molecular weight is 573 g/mol. The maximum atomic E-state index is 14.4. The highest BCUT2D eigenvalue weighted by Crippen LogP contribution is 2.32. The van der Waals surface area contributed by atoms with E-state index >= 15 is 0 Å². The van der Waals surface area contributed by atoms with Crippen molar-refractivity contribution in [2.75, 3.05) is 13.1 Å². The van der Waals surface area contributed by atoms with Crippen LogP contribution in [-0.4, -0.2) is 52.9 Å². The van der Waals surface area contributed by atoms with Gasteiger partial charge >= 0.3 is 0 Å². The van der Waals surface area contributed by atoms with Crippen molar-refractivity contribution in [3.05, 3.63) is 113 Å². The lowest BCUT2D eigenvalue weighted by atomic mass is 10.00. The maximum Gasteiger partial charge on any atom is 0.255 e. The van der Waals surface area contributed by atoms with Crippen molar-refractivity contribution < 1.29 is 23.1 Å². The summed E-state index contributed by atoms with van der Waals surface area (Å²) in [6.07, 6.45) is 1.60. The van der Waals surface area contributed by atoms with E-state index in [0.717, 1.165) is 17.5 Å². The number of nitrogens with zero attached hydrogens (tertiary/aromatic N) is 2. The molecule has 3 aliphatic rings. The number of likely N-dealkylation sites (tertiary alicyclic amines) is 1. The van der Waals surface area contributed by atoms with Crippen LogP contribution in [0.15, 0.2) is 79.0 Å². The minimum atomic E-state index is -0.555. The fourth-order valence-corrected chi connectivity index (χ4v) is 6.11. The third-order valence-corrected chi connectivity index (χ3v) is 8.39. The molecule has 2 amide bonds. The van der Waals surface area contributed by atoms with E-state index in [1.807, 2.05) is 29.2 Å². The van der Waals surface area contributed by atoms with Crippen LogP contribution < -0.4 is 15.4 Å². The van der Waals surface area contributed by atoms with Crippen molar-refractivity contribution in [2.24, 2.45) is 0 Å². The lowest BCUT2D eigenvalue weighted by Gasteiger charge is -2.39. The van der Waals surface area contributed by atoms with E-state index in [0.29, 0.717) is 56.0 Å².